The third-order valence-electron chi connectivity index (χ3n) is 7.83. The summed E-state index contributed by atoms with van der Waals surface area (Å²) in [5.74, 6) is 2.28. The topological polar surface area (TPSA) is 109 Å². The molecule has 4 bridgehead atoms. The Morgan fingerprint density at radius 1 is 0.917 bits per heavy atom. The van der Waals surface area contributed by atoms with Crippen molar-refractivity contribution >= 4 is 29.2 Å². The molecule has 0 unspecified atom stereocenters. The lowest BCUT2D eigenvalue weighted by molar-refractivity contribution is -0.116. The summed E-state index contributed by atoms with van der Waals surface area (Å²) < 4.78 is 5.20. The van der Waals surface area contributed by atoms with Crippen molar-refractivity contribution in [1.82, 2.24) is 10.6 Å². The number of nitrogens with one attached hydrogen (secondary N) is 4. The van der Waals surface area contributed by atoms with Crippen LogP contribution in [0.25, 0.3) is 0 Å². The lowest BCUT2D eigenvalue weighted by Crippen LogP contribution is -2.61. The Labute approximate surface area is 211 Å². The van der Waals surface area contributed by atoms with Gasteiger partial charge in [0.25, 0.3) is 5.91 Å². The van der Waals surface area contributed by atoms with E-state index in [4.69, 9.17) is 4.74 Å². The molecule has 6 rings (SSSR count). The molecule has 0 aliphatic heterocycles. The molecular formula is C28H34N4O4. The highest BCUT2D eigenvalue weighted by molar-refractivity contribution is 6.10. The zero-order valence-corrected chi connectivity index (χ0v) is 20.6. The van der Waals surface area contributed by atoms with Gasteiger partial charge in [0.1, 0.15) is 5.75 Å². The molecular weight excluding hydrogens is 456 g/mol. The van der Waals surface area contributed by atoms with Crippen LogP contribution in [-0.4, -0.2) is 37.0 Å². The fraction of sp³-hybridized carbons (Fsp3) is 0.464. The predicted molar refractivity (Wildman–Crippen MR) is 138 cm³/mol. The zero-order valence-electron chi connectivity index (χ0n) is 20.6. The van der Waals surface area contributed by atoms with E-state index in [1.807, 2.05) is 0 Å². The van der Waals surface area contributed by atoms with Crippen molar-refractivity contribution in [3.8, 4) is 5.75 Å². The number of carbonyl (C=O) groups excluding carboxylic acids is 3. The summed E-state index contributed by atoms with van der Waals surface area (Å²) in [5.41, 5.74) is 1.30. The van der Waals surface area contributed by atoms with E-state index in [-0.39, 0.29) is 36.3 Å². The van der Waals surface area contributed by atoms with Gasteiger partial charge in [0.15, 0.2) is 0 Å². The number of ether oxygens (including phenoxy) is 1. The van der Waals surface area contributed by atoms with E-state index in [2.05, 4.69) is 21.3 Å². The molecule has 0 spiro atoms. The Kier molecular flexibility index (Phi) is 6.85. The Balaban J connectivity index is 1.11. The maximum Gasteiger partial charge on any atom is 0.315 e. The van der Waals surface area contributed by atoms with Crippen molar-refractivity contribution in [3.05, 3.63) is 54.1 Å². The van der Waals surface area contributed by atoms with Crippen LogP contribution in [0.3, 0.4) is 0 Å². The molecule has 4 N–H and O–H groups in total. The summed E-state index contributed by atoms with van der Waals surface area (Å²) in [5, 5.41) is 11.7. The first kappa shape index (κ1) is 24.2. The molecule has 0 heterocycles. The smallest absolute Gasteiger partial charge is 0.315 e. The van der Waals surface area contributed by atoms with Crippen molar-refractivity contribution < 1.29 is 19.1 Å². The van der Waals surface area contributed by atoms with Crippen molar-refractivity contribution in [2.45, 2.75) is 50.5 Å². The minimum absolute atomic E-state index is 0.0594. The quantitative estimate of drug-likeness (QED) is 0.435. The number of hydrogen-bond donors (Lipinski definition) is 4. The van der Waals surface area contributed by atoms with Gasteiger partial charge in [-0.1, -0.05) is 18.2 Å². The number of hydrogen-bond acceptors (Lipinski definition) is 4. The number of urea groups is 1. The summed E-state index contributed by atoms with van der Waals surface area (Å²) in [7, 11) is 1.56. The summed E-state index contributed by atoms with van der Waals surface area (Å²) in [4.78, 5) is 38.1. The van der Waals surface area contributed by atoms with E-state index in [9.17, 15) is 14.4 Å². The first-order valence-corrected chi connectivity index (χ1v) is 12.8. The van der Waals surface area contributed by atoms with Crippen LogP contribution in [0.15, 0.2) is 48.5 Å². The van der Waals surface area contributed by atoms with E-state index < -0.39 is 0 Å². The first-order valence-electron chi connectivity index (χ1n) is 12.8. The number of para-hydroxylation sites is 1. The van der Waals surface area contributed by atoms with Gasteiger partial charge in [-0.15, -0.1) is 0 Å². The van der Waals surface area contributed by atoms with Gasteiger partial charge in [-0.25, -0.2) is 4.79 Å². The second kappa shape index (κ2) is 10.2. The summed E-state index contributed by atoms with van der Waals surface area (Å²) in [6.45, 7) is 0.224. The largest absolute Gasteiger partial charge is 0.497 e. The van der Waals surface area contributed by atoms with Gasteiger partial charge in [-0.05, 0) is 80.5 Å². The van der Waals surface area contributed by atoms with Crippen LogP contribution in [0.2, 0.25) is 0 Å². The number of anilines is 2. The van der Waals surface area contributed by atoms with E-state index >= 15 is 0 Å². The Morgan fingerprint density at radius 3 is 2.31 bits per heavy atom. The van der Waals surface area contributed by atoms with Gasteiger partial charge < -0.3 is 26.0 Å². The number of amides is 4. The molecule has 2 aromatic carbocycles. The third-order valence-corrected chi connectivity index (χ3v) is 7.83. The van der Waals surface area contributed by atoms with Crippen LogP contribution in [0, 0.1) is 17.8 Å². The van der Waals surface area contributed by atoms with Gasteiger partial charge in [0, 0.05) is 30.3 Å². The van der Waals surface area contributed by atoms with Crippen LogP contribution >= 0.6 is 0 Å². The molecule has 8 heteroatoms. The van der Waals surface area contributed by atoms with Crippen LogP contribution in [0.1, 0.15) is 55.3 Å². The van der Waals surface area contributed by atoms with Crippen molar-refractivity contribution in [3.63, 3.8) is 0 Å². The highest BCUT2D eigenvalue weighted by Gasteiger charge is 2.51. The number of carbonyl (C=O) groups is 3. The summed E-state index contributed by atoms with van der Waals surface area (Å²) in [6.07, 6.45) is 7.33. The van der Waals surface area contributed by atoms with E-state index in [1.165, 1.54) is 19.3 Å². The molecule has 0 radical (unpaired) electrons. The number of methoxy groups -OCH3 is 1. The standard InChI is InChI=1S/C28H34N4O4/c1-36-22-6-4-5-21(14-22)30-26(34)23-7-2-3-8-24(23)31-25(33)9-10-29-27(35)32-28-15-18-11-19(16-28)13-20(12-18)17-28/h2-8,14,18-20H,9-13,15-17H2,1H3,(H,30,34)(H,31,33)(H2,29,32,35). The minimum Gasteiger partial charge on any atom is -0.497 e. The number of rotatable bonds is 8. The highest BCUT2D eigenvalue weighted by Crippen LogP contribution is 2.55. The minimum atomic E-state index is -0.341. The maximum absolute atomic E-state index is 12.9. The lowest BCUT2D eigenvalue weighted by atomic mass is 9.53. The Hall–Kier alpha value is -3.55. The van der Waals surface area contributed by atoms with Crippen LogP contribution in [-0.2, 0) is 4.79 Å². The van der Waals surface area contributed by atoms with E-state index in [0.29, 0.717) is 22.7 Å². The summed E-state index contributed by atoms with van der Waals surface area (Å²) >= 11 is 0. The van der Waals surface area contributed by atoms with Crippen molar-refractivity contribution in [2.24, 2.45) is 17.8 Å². The van der Waals surface area contributed by atoms with Gasteiger partial charge in [-0.3, -0.25) is 9.59 Å². The van der Waals surface area contributed by atoms with E-state index in [1.54, 1.807) is 55.6 Å². The molecule has 2 aromatic rings. The third kappa shape index (κ3) is 5.48. The van der Waals surface area contributed by atoms with Crippen molar-refractivity contribution in [2.75, 3.05) is 24.3 Å². The average Bonchev–Trinajstić information content (AvgIpc) is 2.83. The molecule has 8 nitrogen and oxygen atoms in total. The van der Waals surface area contributed by atoms with Gasteiger partial charge in [0.05, 0.1) is 18.4 Å². The number of benzene rings is 2. The van der Waals surface area contributed by atoms with Gasteiger partial charge >= 0.3 is 6.03 Å². The maximum atomic E-state index is 12.9. The lowest BCUT2D eigenvalue weighted by Gasteiger charge is -2.56. The molecule has 0 aromatic heterocycles. The highest BCUT2D eigenvalue weighted by atomic mass is 16.5. The summed E-state index contributed by atoms with van der Waals surface area (Å²) in [6, 6.07) is 13.7. The fourth-order valence-electron chi connectivity index (χ4n) is 6.74. The van der Waals surface area contributed by atoms with Gasteiger partial charge in [0.2, 0.25) is 5.91 Å². The van der Waals surface area contributed by atoms with E-state index in [0.717, 1.165) is 37.0 Å². The Morgan fingerprint density at radius 2 is 1.61 bits per heavy atom. The zero-order chi connectivity index (χ0) is 25.1. The van der Waals surface area contributed by atoms with Gasteiger partial charge in [-0.2, -0.15) is 0 Å². The molecule has 0 saturated heterocycles. The molecule has 4 aliphatic rings. The molecule has 36 heavy (non-hydrogen) atoms. The predicted octanol–water partition coefficient (Wildman–Crippen LogP) is 4.54. The molecule has 190 valence electrons. The first-order chi connectivity index (χ1) is 17.4. The fourth-order valence-corrected chi connectivity index (χ4v) is 6.74. The SMILES string of the molecule is COc1cccc(NC(=O)c2ccccc2NC(=O)CCNC(=O)NC23CC4CC(CC(C4)C2)C3)c1. The van der Waals surface area contributed by atoms with Crippen molar-refractivity contribution in [1.29, 1.82) is 0 Å². The van der Waals surface area contributed by atoms with Crippen LogP contribution < -0.4 is 26.0 Å². The normalized spacial score (nSPS) is 25.6. The average molecular weight is 491 g/mol. The molecule has 4 aliphatic carbocycles. The molecule has 4 amide bonds. The molecule has 0 atom stereocenters. The second-order valence-corrected chi connectivity index (χ2v) is 10.6. The molecule has 4 saturated carbocycles. The second-order valence-electron chi connectivity index (χ2n) is 10.6. The van der Waals surface area contributed by atoms with Crippen LogP contribution in [0.5, 0.6) is 5.75 Å². The Bertz CT molecular complexity index is 1110. The van der Waals surface area contributed by atoms with Crippen LogP contribution in [0.4, 0.5) is 16.2 Å². The molecule has 4 fully saturated rings. The monoisotopic (exact) mass is 490 g/mol.